The van der Waals surface area contributed by atoms with Gasteiger partial charge in [0, 0.05) is 48.8 Å². The van der Waals surface area contributed by atoms with Crippen LogP contribution in [0.25, 0.3) is 11.0 Å². The highest BCUT2D eigenvalue weighted by atomic mass is 35.5. The second kappa shape index (κ2) is 8.00. The lowest BCUT2D eigenvalue weighted by molar-refractivity contribution is 0.551. The number of nitrogens with one attached hydrogen (secondary N) is 1. The van der Waals surface area contributed by atoms with Gasteiger partial charge in [-0.2, -0.15) is 0 Å². The van der Waals surface area contributed by atoms with Gasteiger partial charge < -0.3 is 10.2 Å². The number of benzene rings is 2. The molecule has 1 aliphatic heterocycles. The van der Waals surface area contributed by atoms with Crippen molar-refractivity contribution in [2.45, 2.75) is 19.0 Å². The highest BCUT2D eigenvalue weighted by Gasteiger charge is 2.22. The van der Waals surface area contributed by atoms with Crippen molar-refractivity contribution in [3.63, 3.8) is 0 Å². The minimum Gasteiger partial charge on any atom is -0.370 e. The molecule has 2 heterocycles. The maximum absolute atomic E-state index is 5.93. The van der Waals surface area contributed by atoms with Crippen LogP contribution in [0, 0.1) is 0 Å². The van der Waals surface area contributed by atoms with Gasteiger partial charge in [-0.25, -0.2) is 0 Å². The largest absolute Gasteiger partial charge is 0.370 e. The summed E-state index contributed by atoms with van der Waals surface area (Å²) in [5.74, 6) is 0. The number of hydrogen-bond donors (Lipinski definition) is 1. The molecular weight excluding hydrogens is 355 g/mol. The standard InChI is InChI=1S/C19H19ClN4.ClH/c20-15-3-1-14(2-4-15)12-23-16-7-10-24(13-16)17-5-6-18-19(11-17)22-9-8-21-18;/h1-6,8-9,11,16,23H,7,10,12-13H2;1H. The van der Waals surface area contributed by atoms with E-state index in [4.69, 9.17) is 11.6 Å². The average molecular weight is 375 g/mol. The molecule has 0 amide bonds. The zero-order valence-corrected chi connectivity index (χ0v) is 15.3. The molecule has 25 heavy (non-hydrogen) atoms. The molecule has 6 heteroatoms. The Balaban J connectivity index is 0.00000182. The van der Waals surface area contributed by atoms with Crippen molar-refractivity contribution >= 4 is 40.7 Å². The minimum absolute atomic E-state index is 0. The number of fused-ring (bicyclic) bond motifs is 1. The van der Waals surface area contributed by atoms with Crippen molar-refractivity contribution in [3.05, 3.63) is 65.4 Å². The lowest BCUT2D eigenvalue weighted by atomic mass is 10.2. The molecule has 2 aromatic carbocycles. The fourth-order valence-corrected chi connectivity index (χ4v) is 3.30. The number of rotatable bonds is 4. The van der Waals surface area contributed by atoms with Crippen molar-refractivity contribution in [2.24, 2.45) is 0 Å². The van der Waals surface area contributed by atoms with Gasteiger partial charge in [0.2, 0.25) is 0 Å². The van der Waals surface area contributed by atoms with Gasteiger partial charge in [-0.1, -0.05) is 23.7 Å². The van der Waals surface area contributed by atoms with Crippen molar-refractivity contribution in [3.8, 4) is 0 Å². The highest BCUT2D eigenvalue weighted by molar-refractivity contribution is 6.30. The first kappa shape index (κ1) is 17.9. The van der Waals surface area contributed by atoms with Crippen LogP contribution in [-0.4, -0.2) is 29.1 Å². The molecule has 4 nitrogen and oxygen atoms in total. The van der Waals surface area contributed by atoms with Crippen LogP contribution in [0.15, 0.2) is 54.9 Å². The van der Waals surface area contributed by atoms with E-state index in [1.54, 1.807) is 12.4 Å². The Morgan fingerprint density at radius 2 is 1.80 bits per heavy atom. The Hall–Kier alpha value is -1.88. The Kier molecular flexibility index (Phi) is 5.74. The van der Waals surface area contributed by atoms with Gasteiger partial charge in [-0.15, -0.1) is 12.4 Å². The topological polar surface area (TPSA) is 41.0 Å². The lowest BCUT2D eigenvalue weighted by Crippen LogP contribution is -2.32. The quantitative estimate of drug-likeness (QED) is 0.746. The molecular formula is C19H20Cl2N4. The summed E-state index contributed by atoms with van der Waals surface area (Å²) in [6.45, 7) is 2.95. The van der Waals surface area contributed by atoms with Gasteiger partial charge in [-0.3, -0.25) is 9.97 Å². The summed E-state index contributed by atoms with van der Waals surface area (Å²) in [5, 5.41) is 4.42. The van der Waals surface area contributed by atoms with Gasteiger partial charge in [0.05, 0.1) is 11.0 Å². The van der Waals surface area contributed by atoms with Crippen LogP contribution >= 0.6 is 24.0 Å². The van der Waals surface area contributed by atoms with Crippen LogP contribution in [0.5, 0.6) is 0 Å². The van der Waals surface area contributed by atoms with Gasteiger partial charge in [0.15, 0.2) is 0 Å². The van der Waals surface area contributed by atoms with Crippen molar-refractivity contribution in [1.82, 2.24) is 15.3 Å². The molecule has 1 unspecified atom stereocenters. The molecule has 1 fully saturated rings. The van der Waals surface area contributed by atoms with Crippen molar-refractivity contribution < 1.29 is 0 Å². The van der Waals surface area contributed by atoms with Crippen LogP contribution in [0.4, 0.5) is 5.69 Å². The summed E-state index contributed by atoms with van der Waals surface area (Å²) in [6, 6.07) is 14.8. The first-order chi connectivity index (χ1) is 11.8. The fraction of sp³-hybridized carbons (Fsp3) is 0.263. The van der Waals surface area contributed by atoms with Gasteiger partial charge in [0.25, 0.3) is 0 Å². The van der Waals surface area contributed by atoms with E-state index in [1.807, 2.05) is 18.2 Å². The van der Waals surface area contributed by atoms with Gasteiger partial charge in [0.1, 0.15) is 0 Å². The SMILES string of the molecule is Cl.Clc1ccc(CNC2CCN(c3ccc4nccnc4c3)C2)cc1. The van der Waals surface area contributed by atoms with Crippen LogP contribution in [-0.2, 0) is 6.54 Å². The Morgan fingerprint density at radius 1 is 1.04 bits per heavy atom. The molecule has 3 aromatic rings. The van der Waals surface area contributed by atoms with Crippen LogP contribution in [0.1, 0.15) is 12.0 Å². The molecule has 0 radical (unpaired) electrons. The van der Waals surface area contributed by atoms with Crippen LogP contribution < -0.4 is 10.2 Å². The van der Waals surface area contributed by atoms with E-state index >= 15 is 0 Å². The summed E-state index contributed by atoms with van der Waals surface area (Å²) < 4.78 is 0. The molecule has 1 aliphatic rings. The zero-order valence-electron chi connectivity index (χ0n) is 13.7. The summed E-state index contributed by atoms with van der Waals surface area (Å²) in [6.07, 6.45) is 4.62. The molecule has 0 saturated carbocycles. The zero-order chi connectivity index (χ0) is 16.4. The Morgan fingerprint density at radius 3 is 2.60 bits per heavy atom. The third-order valence-corrected chi connectivity index (χ3v) is 4.77. The maximum atomic E-state index is 5.93. The molecule has 1 atom stereocenters. The Labute approximate surface area is 158 Å². The van der Waals surface area contributed by atoms with E-state index < -0.39 is 0 Å². The summed E-state index contributed by atoms with van der Waals surface area (Å²) in [4.78, 5) is 11.1. The normalized spacial score (nSPS) is 16.8. The number of anilines is 1. The predicted molar refractivity (Wildman–Crippen MR) is 106 cm³/mol. The molecule has 1 aromatic heterocycles. The average Bonchev–Trinajstić information content (AvgIpc) is 3.10. The van der Waals surface area contributed by atoms with Gasteiger partial charge >= 0.3 is 0 Å². The Bertz CT molecular complexity index is 838. The predicted octanol–water partition coefficient (Wildman–Crippen LogP) is 4.07. The lowest BCUT2D eigenvalue weighted by Gasteiger charge is -2.19. The number of nitrogens with zero attached hydrogens (tertiary/aromatic N) is 3. The second-order valence-electron chi connectivity index (χ2n) is 6.17. The maximum Gasteiger partial charge on any atom is 0.0907 e. The summed E-state index contributed by atoms with van der Waals surface area (Å²) >= 11 is 5.93. The molecule has 130 valence electrons. The number of hydrogen-bond acceptors (Lipinski definition) is 4. The van der Waals surface area contributed by atoms with Crippen LogP contribution in [0.2, 0.25) is 5.02 Å². The van der Waals surface area contributed by atoms with E-state index in [2.05, 4.69) is 44.5 Å². The minimum atomic E-state index is 0. The molecule has 0 bridgehead atoms. The van der Waals surface area contributed by atoms with E-state index in [0.717, 1.165) is 42.1 Å². The number of halogens is 2. The third-order valence-electron chi connectivity index (χ3n) is 4.51. The van der Waals surface area contributed by atoms with E-state index in [0.29, 0.717) is 6.04 Å². The van der Waals surface area contributed by atoms with Gasteiger partial charge in [-0.05, 0) is 42.3 Å². The highest BCUT2D eigenvalue weighted by Crippen LogP contribution is 2.23. The fourth-order valence-electron chi connectivity index (χ4n) is 3.17. The summed E-state index contributed by atoms with van der Waals surface area (Å²) in [5.41, 5.74) is 4.38. The molecule has 4 rings (SSSR count). The number of aromatic nitrogens is 2. The molecule has 0 aliphatic carbocycles. The third kappa shape index (κ3) is 4.21. The molecule has 0 spiro atoms. The van der Waals surface area contributed by atoms with Crippen LogP contribution in [0.3, 0.4) is 0 Å². The van der Waals surface area contributed by atoms with E-state index in [1.165, 1.54) is 11.3 Å². The monoisotopic (exact) mass is 374 g/mol. The summed E-state index contributed by atoms with van der Waals surface area (Å²) in [7, 11) is 0. The van der Waals surface area contributed by atoms with Crippen molar-refractivity contribution in [1.29, 1.82) is 0 Å². The molecule has 1 N–H and O–H groups in total. The van der Waals surface area contributed by atoms with E-state index in [-0.39, 0.29) is 12.4 Å². The van der Waals surface area contributed by atoms with E-state index in [9.17, 15) is 0 Å². The smallest absolute Gasteiger partial charge is 0.0907 e. The van der Waals surface area contributed by atoms with Crippen molar-refractivity contribution in [2.75, 3.05) is 18.0 Å². The molecule has 1 saturated heterocycles. The first-order valence-corrected chi connectivity index (χ1v) is 8.59. The first-order valence-electron chi connectivity index (χ1n) is 8.21. The second-order valence-corrected chi connectivity index (χ2v) is 6.60.